The molecule has 1 fully saturated rings. The Morgan fingerprint density at radius 3 is 2.55 bits per heavy atom. The summed E-state index contributed by atoms with van der Waals surface area (Å²) in [5.74, 6) is 0. The van der Waals surface area contributed by atoms with Crippen molar-refractivity contribution in [3.63, 3.8) is 0 Å². The molecule has 0 spiro atoms. The van der Waals surface area contributed by atoms with Gasteiger partial charge >= 0.3 is 0 Å². The summed E-state index contributed by atoms with van der Waals surface area (Å²) in [6, 6.07) is 0.814. The van der Waals surface area contributed by atoms with E-state index in [0.29, 0.717) is 6.61 Å². The molecule has 0 saturated heterocycles. The predicted octanol–water partition coefficient (Wildman–Crippen LogP) is 1.24. The molecule has 0 heterocycles. The van der Waals surface area contributed by atoms with Crippen LogP contribution in [0, 0.1) is 0 Å². The van der Waals surface area contributed by atoms with Gasteiger partial charge in [-0.3, -0.25) is 4.90 Å². The van der Waals surface area contributed by atoms with E-state index in [4.69, 9.17) is 5.11 Å². The first-order valence-electron chi connectivity index (χ1n) is 4.73. The highest BCUT2D eigenvalue weighted by Crippen LogP contribution is 2.26. The molecule has 0 bridgehead atoms. The summed E-state index contributed by atoms with van der Waals surface area (Å²) in [6.07, 6.45) is 5.23. The molecule has 0 aliphatic heterocycles. The van der Waals surface area contributed by atoms with E-state index in [9.17, 15) is 0 Å². The van der Waals surface area contributed by atoms with Crippen LogP contribution in [0.1, 0.15) is 32.6 Å². The zero-order valence-corrected chi connectivity index (χ0v) is 7.42. The fourth-order valence-corrected chi connectivity index (χ4v) is 1.41. The van der Waals surface area contributed by atoms with Crippen molar-refractivity contribution in [2.24, 2.45) is 0 Å². The Morgan fingerprint density at radius 1 is 1.36 bits per heavy atom. The number of rotatable bonds is 6. The molecule has 0 unspecified atom stereocenters. The lowest BCUT2D eigenvalue weighted by molar-refractivity contribution is 0.187. The molecule has 0 aromatic heterocycles. The molecule has 1 aliphatic carbocycles. The molecule has 1 aliphatic rings. The lowest BCUT2D eigenvalue weighted by Gasteiger charge is -2.19. The highest BCUT2D eigenvalue weighted by molar-refractivity contribution is 4.83. The van der Waals surface area contributed by atoms with Gasteiger partial charge in [-0.1, -0.05) is 13.3 Å². The molecule has 0 amide bonds. The van der Waals surface area contributed by atoms with Gasteiger partial charge in [0, 0.05) is 12.6 Å². The summed E-state index contributed by atoms with van der Waals surface area (Å²) >= 11 is 0. The SMILES string of the molecule is CCCCN(CCO)C1CC1. The van der Waals surface area contributed by atoms with Crippen LogP contribution in [0.25, 0.3) is 0 Å². The first-order valence-corrected chi connectivity index (χ1v) is 4.73. The largest absolute Gasteiger partial charge is 0.395 e. The standard InChI is InChI=1S/C9H19NO/c1-2-3-6-10(7-8-11)9-4-5-9/h9,11H,2-8H2,1H3. The van der Waals surface area contributed by atoms with Gasteiger partial charge in [-0.25, -0.2) is 0 Å². The van der Waals surface area contributed by atoms with E-state index in [-0.39, 0.29) is 0 Å². The minimum absolute atomic E-state index is 0.320. The lowest BCUT2D eigenvalue weighted by atomic mass is 10.3. The number of hydrogen-bond donors (Lipinski definition) is 1. The Balaban J connectivity index is 2.10. The molecule has 1 N–H and O–H groups in total. The van der Waals surface area contributed by atoms with Crippen LogP contribution in [0.3, 0.4) is 0 Å². The number of nitrogens with zero attached hydrogens (tertiary/aromatic N) is 1. The number of aliphatic hydroxyl groups is 1. The molecular weight excluding hydrogens is 138 g/mol. The van der Waals surface area contributed by atoms with Crippen LogP contribution in [0.5, 0.6) is 0 Å². The Kier molecular flexibility index (Phi) is 3.87. The van der Waals surface area contributed by atoms with E-state index in [1.54, 1.807) is 0 Å². The monoisotopic (exact) mass is 157 g/mol. The van der Waals surface area contributed by atoms with Crippen molar-refractivity contribution in [3.8, 4) is 0 Å². The van der Waals surface area contributed by atoms with Gasteiger partial charge in [0.1, 0.15) is 0 Å². The second-order valence-corrected chi connectivity index (χ2v) is 3.34. The summed E-state index contributed by atoms with van der Waals surface area (Å²) in [6.45, 7) is 4.59. The molecule has 11 heavy (non-hydrogen) atoms. The van der Waals surface area contributed by atoms with Crippen LogP contribution in [0.15, 0.2) is 0 Å². The fraction of sp³-hybridized carbons (Fsp3) is 1.00. The lowest BCUT2D eigenvalue weighted by Crippen LogP contribution is -2.30. The molecule has 66 valence electrons. The van der Waals surface area contributed by atoms with Gasteiger partial charge in [-0.15, -0.1) is 0 Å². The number of hydrogen-bond acceptors (Lipinski definition) is 2. The van der Waals surface area contributed by atoms with Crippen molar-refractivity contribution in [3.05, 3.63) is 0 Å². The van der Waals surface area contributed by atoms with Crippen LogP contribution in [-0.2, 0) is 0 Å². The van der Waals surface area contributed by atoms with E-state index in [1.807, 2.05) is 0 Å². The van der Waals surface area contributed by atoms with Gasteiger partial charge < -0.3 is 5.11 Å². The normalized spacial score (nSPS) is 17.7. The minimum atomic E-state index is 0.320. The van der Waals surface area contributed by atoms with E-state index >= 15 is 0 Å². The van der Waals surface area contributed by atoms with Crippen molar-refractivity contribution in [2.75, 3.05) is 19.7 Å². The quantitative estimate of drug-likeness (QED) is 0.627. The second kappa shape index (κ2) is 4.73. The Bertz CT molecular complexity index is 102. The summed E-state index contributed by atoms with van der Waals surface area (Å²) in [5, 5.41) is 8.77. The molecule has 0 radical (unpaired) electrons. The van der Waals surface area contributed by atoms with E-state index in [2.05, 4.69) is 11.8 Å². The summed E-state index contributed by atoms with van der Waals surface area (Å²) in [4.78, 5) is 2.42. The van der Waals surface area contributed by atoms with E-state index in [1.165, 1.54) is 32.2 Å². The topological polar surface area (TPSA) is 23.5 Å². The van der Waals surface area contributed by atoms with Crippen LogP contribution >= 0.6 is 0 Å². The van der Waals surface area contributed by atoms with Crippen LogP contribution < -0.4 is 0 Å². The molecule has 0 aromatic rings. The third-order valence-electron chi connectivity index (χ3n) is 2.25. The van der Waals surface area contributed by atoms with Crippen molar-refractivity contribution in [1.82, 2.24) is 4.90 Å². The van der Waals surface area contributed by atoms with Gasteiger partial charge in [0.2, 0.25) is 0 Å². The fourth-order valence-electron chi connectivity index (χ4n) is 1.41. The molecule has 0 aromatic carbocycles. The molecular formula is C9H19NO. The van der Waals surface area contributed by atoms with Gasteiger partial charge in [0.05, 0.1) is 6.61 Å². The maximum atomic E-state index is 8.77. The van der Waals surface area contributed by atoms with Crippen LogP contribution in [-0.4, -0.2) is 35.7 Å². The van der Waals surface area contributed by atoms with Crippen LogP contribution in [0.2, 0.25) is 0 Å². The first kappa shape index (κ1) is 9.01. The van der Waals surface area contributed by atoms with E-state index < -0.39 is 0 Å². The Morgan fingerprint density at radius 2 is 2.09 bits per heavy atom. The molecule has 1 saturated carbocycles. The second-order valence-electron chi connectivity index (χ2n) is 3.34. The Hall–Kier alpha value is -0.0800. The van der Waals surface area contributed by atoms with Gasteiger partial charge in [-0.05, 0) is 25.8 Å². The van der Waals surface area contributed by atoms with Crippen molar-refractivity contribution in [1.29, 1.82) is 0 Å². The molecule has 0 atom stereocenters. The molecule has 2 heteroatoms. The Labute approximate surface area is 69.2 Å². The minimum Gasteiger partial charge on any atom is -0.395 e. The third kappa shape index (κ3) is 3.21. The van der Waals surface area contributed by atoms with Crippen molar-refractivity contribution in [2.45, 2.75) is 38.6 Å². The van der Waals surface area contributed by atoms with Gasteiger partial charge in [-0.2, -0.15) is 0 Å². The van der Waals surface area contributed by atoms with Crippen LogP contribution in [0.4, 0.5) is 0 Å². The molecule has 1 rings (SSSR count). The first-order chi connectivity index (χ1) is 5.38. The zero-order valence-electron chi connectivity index (χ0n) is 7.42. The maximum absolute atomic E-state index is 8.77. The number of aliphatic hydroxyl groups excluding tert-OH is 1. The molecule has 2 nitrogen and oxygen atoms in total. The average molecular weight is 157 g/mol. The average Bonchev–Trinajstić information content (AvgIpc) is 2.80. The summed E-state index contributed by atoms with van der Waals surface area (Å²) < 4.78 is 0. The van der Waals surface area contributed by atoms with Gasteiger partial charge in [0.15, 0.2) is 0 Å². The third-order valence-corrected chi connectivity index (χ3v) is 2.25. The summed E-state index contributed by atoms with van der Waals surface area (Å²) in [5.41, 5.74) is 0. The zero-order chi connectivity index (χ0) is 8.10. The van der Waals surface area contributed by atoms with Crippen molar-refractivity contribution >= 4 is 0 Å². The van der Waals surface area contributed by atoms with Crippen molar-refractivity contribution < 1.29 is 5.11 Å². The highest BCUT2D eigenvalue weighted by Gasteiger charge is 2.27. The van der Waals surface area contributed by atoms with E-state index in [0.717, 1.165) is 12.6 Å². The maximum Gasteiger partial charge on any atom is 0.0558 e. The number of unbranched alkanes of at least 4 members (excludes halogenated alkanes) is 1. The summed E-state index contributed by atoms with van der Waals surface area (Å²) in [7, 11) is 0. The van der Waals surface area contributed by atoms with Gasteiger partial charge in [0.25, 0.3) is 0 Å². The predicted molar refractivity (Wildman–Crippen MR) is 46.6 cm³/mol. The smallest absolute Gasteiger partial charge is 0.0558 e. The highest BCUT2D eigenvalue weighted by atomic mass is 16.3.